The van der Waals surface area contributed by atoms with E-state index >= 15 is 0 Å². The number of thioether (sulfide) groups is 1. The lowest BCUT2D eigenvalue weighted by atomic mass is 10.2. The molecule has 0 saturated carbocycles. The van der Waals surface area contributed by atoms with Gasteiger partial charge in [0.05, 0.1) is 16.7 Å². The first kappa shape index (κ1) is 21.9. The number of nitrogens with one attached hydrogen (secondary N) is 1. The van der Waals surface area contributed by atoms with Crippen LogP contribution in [0.5, 0.6) is 0 Å². The van der Waals surface area contributed by atoms with E-state index in [4.69, 9.17) is 0 Å². The Morgan fingerprint density at radius 3 is 2.50 bits per heavy atom. The summed E-state index contributed by atoms with van der Waals surface area (Å²) in [6.45, 7) is 7.63. The molecule has 0 atom stereocenters. The predicted molar refractivity (Wildman–Crippen MR) is 113 cm³/mol. The Bertz CT molecular complexity index is 875. The third-order valence-corrected chi connectivity index (χ3v) is 5.16. The van der Waals surface area contributed by atoms with Gasteiger partial charge in [-0.3, -0.25) is 19.0 Å². The van der Waals surface area contributed by atoms with Gasteiger partial charge in [-0.05, 0) is 25.0 Å². The Morgan fingerprint density at radius 2 is 1.86 bits per heavy atom. The van der Waals surface area contributed by atoms with Crippen molar-refractivity contribution < 1.29 is 9.59 Å². The molecule has 1 N–H and O–H groups in total. The normalized spacial score (nSPS) is 10.8. The molecule has 2 rings (SSSR count). The molecule has 0 aliphatic carbocycles. The van der Waals surface area contributed by atoms with Crippen LogP contribution in [0.4, 0.5) is 0 Å². The molecule has 0 saturated heterocycles. The summed E-state index contributed by atoms with van der Waals surface area (Å²) < 4.78 is 1.54. The van der Waals surface area contributed by atoms with Crippen LogP contribution in [0, 0.1) is 0 Å². The third kappa shape index (κ3) is 5.82. The minimum atomic E-state index is -0.162. The fourth-order valence-corrected chi connectivity index (χ4v) is 3.85. The molecule has 0 fully saturated rings. The highest BCUT2D eigenvalue weighted by atomic mass is 32.2. The highest BCUT2D eigenvalue weighted by molar-refractivity contribution is 7.99. The number of amides is 2. The molecule has 0 unspecified atom stereocenters. The predicted octanol–water partition coefficient (Wildman–Crippen LogP) is 2.27. The second-order valence-electron chi connectivity index (χ2n) is 6.52. The zero-order valence-electron chi connectivity index (χ0n) is 16.7. The fourth-order valence-electron chi connectivity index (χ4n) is 2.92. The number of benzene rings is 1. The van der Waals surface area contributed by atoms with Crippen molar-refractivity contribution in [1.29, 1.82) is 0 Å². The van der Waals surface area contributed by atoms with Crippen LogP contribution in [0.15, 0.2) is 34.2 Å². The minimum Gasteiger partial charge on any atom is -0.355 e. The molecule has 8 heteroatoms. The number of nitrogens with zero attached hydrogens (tertiary/aromatic N) is 3. The van der Waals surface area contributed by atoms with E-state index in [-0.39, 0.29) is 23.1 Å². The monoisotopic (exact) mass is 404 g/mol. The Labute approximate surface area is 169 Å². The molecule has 0 aliphatic heterocycles. The van der Waals surface area contributed by atoms with Crippen molar-refractivity contribution in [3.63, 3.8) is 0 Å². The number of fused-ring (bicyclic) bond motifs is 1. The average Bonchev–Trinajstić information content (AvgIpc) is 2.67. The second-order valence-corrected chi connectivity index (χ2v) is 7.46. The molecule has 1 aromatic carbocycles. The standard InChI is InChI=1S/C20H28N4O3S/c1-4-11-23(12-5-2)18(26)14-28-20-22-17-9-7-6-8-16(17)19(27)24(20)13-10-21-15(3)25/h6-9H,4-5,10-14H2,1-3H3,(H,21,25). The molecule has 2 amide bonds. The summed E-state index contributed by atoms with van der Waals surface area (Å²) in [6, 6.07) is 7.16. The number of para-hydroxylation sites is 1. The van der Waals surface area contributed by atoms with Gasteiger partial charge in [-0.1, -0.05) is 37.7 Å². The van der Waals surface area contributed by atoms with E-state index in [0.29, 0.717) is 29.1 Å². The van der Waals surface area contributed by atoms with E-state index in [1.54, 1.807) is 22.8 Å². The third-order valence-electron chi connectivity index (χ3n) is 4.20. The maximum atomic E-state index is 12.9. The van der Waals surface area contributed by atoms with Crippen LogP contribution < -0.4 is 10.9 Å². The smallest absolute Gasteiger partial charge is 0.262 e. The van der Waals surface area contributed by atoms with Crippen LogP contribution in [0.2, 0.25) is 0 Å². The van der Waals surface area contributed by atoms with Crippen molar-refractivity contribution in [2.45, 2.75) is 45.3 Å². The van der Waals surface area contributed by atoms with Crippen molar-refractivity contribution in [2.24, 2.45) is 0 Å². The Balaban J connectivity index is 2.26. The van der Waals surface area contributed by atoms with Crippen LogP contribution in [0.25, 0.3) is 10.9 Å². The quantitative estimate of drug-likeness (QED) is 0.485. The number of carbonyl (C=O) groups is 2. The largest absolute Gasteiger partial charge is 0.355 e. The van der Waals surface area contributed by atoms with Gasteiger partial charge < -0.3 is 10.2 Å². The van der Waals surface area contributed by atoms with Gasteiger partial charge in [-0.25, -0.2) is 4.98 Å². The average molecular weight is 405 g/mol. The number of aromatic nitrogens is 2. The van der Waals surface area contributed by atoms with Gasteiger partial charge in [-0.15, -0.1) is 0 Å². The molecule has 7 nitrogen and oxygen atoms in total. The summed E-state index contributed by atoms with van der Waals surface area (Å²) in [6.07, 6.45) is 1.82. The zero-order valence-corrected chi connectivity index (χ0v) is 17.6. The molecular weight excluding hydrogens is 376 g/mol. The van der Waals surface area contributed by atoms with Gasteiger partial charge in [0.15, 0.2) is 5.16 Å². The Morgan fingerprint density at radius 1 is 1.18 bits per heavy atom. The summed E-state index contributed by atoms with van der Waals surface area (Å²) >= 11 is 1.27. The first-order valence-electron chi connectivity index (χ1n) is 9.62. The lowest BCUT2D eigenvalue weighted by Crippen LogP contribution is -2.34. The molecule has 0 bridgehead atoms. The summed E-state index contributed by atoms with van der Waals surface area (Å²) in [4.78, 5) is 43.1. The Kier molecular flexibility index (Phi) is 8.50. The molecule has 0 spiro atoms. The van der Waals surface area contributed by atoms with E-state index < -0.39 is 0 Å². The van der Waals surface area contributed by atoms with Gasteiger partial charge in [0, 0.05) is 33.1 Å². The molecule has 0 aliphatic rings. The van der Waals surface area contributed by atoms with Crippen molar-refractivity contribution in [2.75, 3.05) is 25.4 Å². The van der Waals surface area contributed by atoms with Crippen LogP contribution >= 0.6 is 11.8 Å². The number of hydrogen-bond acceptors (Lipinski definition) is 5. The molecule has 1 aromatic heterocycles. The van der Waals surface area contributed by atoms with Crippen LogP contribution in [0.3, 0.4) is 0 Å². The topological polar surface area (TPSA) is 84.3 Å². The number of rotatable bonds is 10. The minimum absolute atomic E-state index is 0.0459. The van der Waals surface area contributed by atoms with Gasteiger partial charge in [-0.2, -0.15) is 0 Å². The molecule has 1 heterocycles. The molecule has 2 aromatic rings. The van der Waals surface area contributed by atoms with Crippen LogP contribution in [-0.4, -0.2) is 51.7 Å². The molecule has 28 heavy (non-hydrogen) atoms. The van der Waals surface area contributed by atoms with Crippen LogP contribution in [-0.2, 0) is 16.1 Å². The lowest BCUT2D eigenvalue weighted by molar-refractivity contribution is -0.128. The maximum absolute atomic E-state index is 12.9. The number of hydrogen-bond donors (Lipinski definition) is 1. The van der Waals surface area contributed by atoms with E-state index in [9.17, 15) is 14.4 Å². The first-order chi connectivity index (χ1) is 13.5. The summed E-state index contributed by atoms with van der Waals surface area (Å²) in [5.41, 5.74) is 0.446. The lowest BCUT2D eigenvalue weighted by Gasteiger charge is -2.21. The highest BCUT2D eigenvalue weighted by Gasteiger charge is 2.16. The second kappa shape index (κ2) is 10.8. The zero-order chi connectivity index (χ0) is 20.5. The fraction of sp³-hybridized carbons (Fsp3) is 0.500. The highest BCUT2D eigenvalue weighted by Crippen LogP contribution is 2.18. The first-order valence-corrected chi connectivity index (χ1v) is 10.6. The summed E-state index contributed by atoms with van der Waals surface area (Å²) in [7, 11) is 0. The van der Waals surface area contributed by atoms with Gasteiger partial charge >= 0.3 is 0 Å². The maximum Gasteiger partial charge on any atom is 0.262 e. The molecule has 152 valence electrons. The van der Waals surface area contributed by atoms with Crippen LogP contribution in [0.1, 0.15) is 33.6 Å². The molecule has 0 radical (unpaired) electrons. The van der Waals surface area contributed by atoms with E-state index in [1.165, 1.54) is 18.7 Å². The van der Waals surface area contributed by atoms with Gasteiger partial charge in [0.1, 0.15) is 0 Å². The summed E-state index contributed by atoms with van der Waals surface area (Å²) in [5, 5.41) is 3.73. The van der Waals surface area contributed by atoms with E-state index in [2.05, 4.69) is 10.3 Å². The van der Waals surface area contributed by atoms with E-state index in [0.717, 1.165) is 25.9 Å². The Hall–Kier alpha value is -2.35. The summed E-state index contributed by atoms with van der Waals surface area (Å²) in [5.74, 6) is 0.121. The van der Waals surface area contributed by atoms with Crippen molar-refractivity contribution in [1.82, 2.24) is 19.8 Å². The van der Waals surface area contributed by atoms with Gasteiger partial charge in [0.2, 0.25) is 11.8 Å². The van der Waals surface area contributed by atoms with E-state index in [1.807, 2.05) is 24.8 Å². The van der Waals surface area contributed by atoms with Crippen molar-refractivity contribution in [3.8, 4) is 0 Å². The number of carbonyl (C=O) groups excluding carboxylic acids is 2. The van der Waals surface area contributed by atoms with Crippen molar-refractivity contribution in [3.05, 3.63) is 34.6 Å². The van der Waals surface area contributed by atoms with Crippen molar-refractivity contribution >= 4 is 34.5 Å². The SMILES string of the molecule is CCCN(CCC)C(=O)CSc1nc2ccccc2c(=O)n1CCNC(C)=O. The van der Waals surface area contributed by atoms with Gasteiger partial charge in [0.25, 0.3) is 5.56 Å². The molecular formula is C20H28N4O3S.